The summed E-state index contributed by atoms with van der Waals surface area (Å²) in [7, 11) is 0. The molecule has 7 atom stereocenters. The summed E-state index contributed by atoms with van der Waals surface area (Å²) in [5.41, 5.74) is 0.599. The molecule has 2 aliphatic heterocycles. The Kier molecular flexibility index (Phi) is 21.2. The lowest BCUT2D eigenvalue weighted by Gasteiger charge is -2.22. The van der Waals surface area contributed by atoms with Crippen molar-refractivity contribution >= 4 is 5.97 Å². The highest BCUT2D eigenvalue weighted by molar-refractivity contribution is 5.90. The standard InChI is InChI=1S/C37H66O7/c1-3-4-5-6-7-8-9-10-11-12-16-19-22-33(39)34(40)24-25-35(41)36-26-23-32(44-36)21-18-15-13-14-17-20-31(38)28-30-27-29(2)43-37(30)42/h12,16,27,29,31-36,38-41H,3-11,13-15,17-26,28H2,1-2H3/b16-12-/t29-,31-,32-,33+,34+,35+,36+/m1/s1. The molecule has 0 saturated carbocycles. The van der Waals surface area contributed by atoms with Gasteiger partial charge in [0.05, 0.1) is 36.6 Å². The van der Waals surface area contributed by atoms with Crippen LogP contribution < -0.4 is 0 Å². The van der Waals surface area contributed by atoms with Crippen LogP contribution in [0.3, 0.4) is 0 Å². The highest BCUT2D eigenvalue weighted by atomic mass is 16.5. The number of ether oxygens (including phenoxy) is 2. The molecule has 0 aromatic carbocycles. The van der Waals surface area contributed by atoms with Crippen LogP contribution in [0.15, 0.2) is 23.8 Å². The third kappa shape index (κ3) is 17.4. The summed E-state index contributed by atoms with van der Waals surface area (Å²) in [6.07, 6.45) is 26.3. The van der Waals surface area contributed by atoms with Crippen molar-refractivity contribution in [1.29, 1.82) is 0 Å². The highest BCUT2D eigenvalue weighted by Crippen LogP contribution is 2.28. The molecule has 2 rings (SSSR count). The fourth-order valence-electron chi connectivity index (χ4n) is 6.46. The van der Waals surface area contributed by atoms with E-state index in [-0.39, 0.29) is 24.3 Å². The van der Waals surface area contributed by atoms with Crippen LogP contribution in [0.25, 0.3) is 0 Å². The number of aliphatic hydroxyl groups excluding tert-OH is 4. The van der Waals surface area contributed by atoms with Crippen molar-refractivity contribution in [2.45, 2.75) is 204 Å². The third-order valence-corrected chi connectivity index (χ3v) is 9.30. The maximum atomic E-state index is 11.7. The molecule has 256 valence electrons. The van der Waals surface area contributed by atoms with Crippen LogP contribution in [0, 0.1) is 0 Å². The van der Waals surface area contributed by atoms with Gasteiger partial charge >= 0.3 is 5.97 Å². The number of hydrogen-bond acceptors (Lipinski definition) is 7. The van der Waals surface area contributed by atoms with Crippen molar-refractivity contribution in [3.05, 3.63) is 23.8 Å². The van der Waals surface area contributed by atoms with Gasteiger partial charge in [0.15, 0.2) is 0 Å². The van der Waals surface area contributed by atoms with Gasteiger partial charge in [-0.15, -0.1) is 0 Å². The lowest BCUT2D eigenvalue weighted by molar-refractivity contribution is -0.139. The summed E-state index contributed by atoms with van der Waals surface area (Å²) in [4.78, 5) is 11.7. The summed E-state index contributed by atoms with van der Waals surface area (Å²) < 4.78 is 11.2. The first-order valence-electron chi connectivity index (χ1n) is 18.2. The van der Waals surface area contributed by atoms with E-state index >= 15 is 0 Å². The molecule has 7 heteroatoms. The van der Waals surface area contributed by atoms with Gasteiger partial charge in [0.2, 0.25) is 0 Å². The molecule has 0 spiro atoms. The molecule has 0 aromatic heterocycles. The van der Waals surface area contributed by atoms with Crippen molar-refractivity contribution in [3.8, 4) is 0 Å². The smallest absolute Gasteiger partial charge is 0.334 e. The molecule has 2 aliphatic rings. The van der Waals surface area contributed by atoms with Gasteiger partial charge < -0.3 is 29.9 Å². The largest absolute Gasteiger partial charge is 0.455 e. The Balaban J connectivity index is 1.42. The van der Waals surface area contributed by atoms with Crippen molar-refractivity contribution < 1.29 is 34.7 Å². The van der Waals surface area contributed by atoms with Gasteiger partial charge in [-0.25, -0.2) is 4.79 Å². The minimum absolute atomic E-state index is 0.180. The molecule has 1 fully saturated rings. The zero-order valence-electron chi connectivity index (χ0n) is 28.1. The first-order valence-corrected chi connectivity index (χ1v) is 18.2. The predicted octanol–water partition coefficient (Wildman–Crippen LogP) is 7.62. The van der Waals surface area contributed by atoms with Crippen LogP contribution in [0.2, 0.25) is 0 Å². The lowest BCUT2D eigenvalue weighted by atomic mass is 9.98. The topological polar surface area (TPSA) is 116 Å². The van der Waals surface area contributed by atoms with Gasteiger partial charge in [-0.1, -0.05) is 96.1 Å². The van der Waals surface area contributed by atoms with Crippen LogP contribution in [-0.4, -0.2) is 69.1 Å². The lowest BCUT2D eigenvalue weighted by Crippen LogP contribution is -2.31. The minimum Gasteiger partial charge on any atom is -0.455 e. The van der Waals surface area contributed by atoms with Crippen molar-refractivity contribution in [1.82, 2.24) is 0 Å². The summed E-state index contributed by atoms with van der Waals surface area (Å²) in [5, 5.41) is 41.6. The van der Waals surface area contributed by atoms with E-state index < -0.39 is 24.4 Å². The first kappa shape index (κ1) is 38.9. The van der Waals surface area contributed by atoms with Gasteiger partial charge in [-0.05, 0) is 77.2 Å². The Bertz CT molecular complexity index is 797. The van der Waals surface area contributed by atoms with E-state index in [9.17, 15) is 25.2 Å². The van der Waals surface area contributed by atoms with Crippen LogP contribution in [0.1, 0.15) is 162 Å². The Morgan fingerprint density at radius 3 is 2.11 bits per heavy atom. The number of esters is 1. The summed E-state index contributed by atoms with van der Waals surface area (Å²) in [6, 6.07) is 0. The molecule has 7 nitrogen and oxygen atoms in total. The Hall–Kier alpha value is -1.25. The fraction of sp³-hybridized carbons (Fsp3) is 0.865. The summed E-state index contributed by atoms with van der Waals surface area (Å²) >= 11 is 0. The number of cyclic esters (lactones) is 1. The normalized spacial score (nSPS) is 23.2. The van der Waals surface area contributed by atoms with Gasteiger partial charge in [-0.2, -0.15) is 0 Å². The summed E-state index contributed by atoms with van der Waals surface area (Å²) in [5.74, 6) is -0.296. The molecule has 44 heavy (non-hydrogen) atoms. The molecule has 0 radical (unpaired) electrons. The van der Waals surface area contributed by atoms with Gasteiger partial charge in [0, 0.05) is 12.0 Å². The van der Waals surface area contributed by atoms with Crippen LogP contribution >= 0.6 is 0 Å². The number of rotatable bonds is 27. The maximum Gasteiger partial charge on any atom is 0.334 e. The molecule has 0 unspecified atom stereocenters. The zero-order valence-corrected chi connectivity index (χ0v) is 28.1. The maximum absolute atomic E-state index is 11.7. The van der Waals surface area contributed by atoms with E-state index in [2.05, 4.69) is 19.1 Å². The van der Waals surface area contributed by atoms with E-state index in [0.717, 1.165) is 64.2 Å². The van der Waals surface area contributed by atoms with Gasteiger partial charge in [0.25, 0.3) is 0 Å². The van der Waals surface area contributed by atoms with E-state index in [1.807, 2.05) is 6.92 Å². The van der Waals surface area contributed by atoms with Gasteiger partial charge in [-0.3, -0.25) is 0 Å². The van der Waals surface area contributed by atoms with E-state index in [1.54, 1.807) is 6.08 Å². The second kappa shape index (κ2) is 24.0. The number of aliphatic hydroxyl groups is 4. The van der Waals surface area contributed by atoms with Crippen LogP contribution in [-0.2, 0) is 14.3 Å². The monoisotopic (exact) mass is 622 g/mol. The SMILES string of the molecule is CCCCCCCCCC/C=C\CC[C@H](O)[C@@H](O)CC[C@H](O)[C@@H]1CC[C@@H](CCCCCCC[C@@H](O)CC2=C[C@@H](C)OC2=O)O1. The zero-order chi connectivity index (χ0) is 32.0. The molecular weight excluding hydrogens is 556 g/mol. The quantitative estimate of drug-likeness (QED) is 0.0423. The minimum atomic E-state index is -0.816. The van der Waals surface area contributed by atoms with Crippen LogP contribution in [0.4, 0.5) is 0 Å². The molecule has 0 aromatic rings. The third-order valence-electron chi connectivity index (χ3n) is 9.30. The second-order valence-electron chi connectivity index (χ2n) is 13.5. The molecule has 2 heterocycles. The first-order chi connectivity index (χ1) is 21.3. The van der Waals surface area contributed by atoms with E-state index in [0.29, 0.717) is 37.7 Å². The van der Waals surface area contributed by atoms with E-state index in [4.69, 9.17) is 9.47 Å². The van der Waals surface area contributed by atoms with Crippen molar-refractivity contribution in [2.75, 3.05) is 0 Å². The average molecular weight is 623 g/mol. The molecule has 0 aliphatic carbocycles. The molecule has 4 N–H and O–H groups in total. The Morgan fingerprint density at radius 1 is 0.773 bits per heavy atom. The molecular formula is C37H66O7. The Labute approximate surface area is 268 Å². The number of hydrogen-bond donors (Lipinski definition) is 4. The highest BCUT2D eigenvalue weighted by Gasteiger charge is 2.31. The molecule has 1 saturated heterocycles. The van der Waals surface area contributed by atoms with Crippen molar-refractivity contribution in [3.63, 3.8) is 0 Å². The molecule has 0 bridgehead atoms. The fourth-order valence-corrected chi connectivity index (χ4v) is 6.46. The van der Waals surface area contributed by atoms with Gasteiger partial charge in [0.1, 0.15) is 6.10 Å². The number of allylic oxidation sites excluding steroid dienone is 2. The Morgan fingerprint density at radius 2 is 1.41 bits per heavy atom. The number of carbonyl (C=O) groups excluding carboxylic acids is 1. The number of carbonyl (C=O) groups is 1. The number of unbranched alkanes of at least 4 members (excludes halogenated alkanes) is 12. The second-order valence-corrected chi connectivity index (χ2v) is 13.5. The summed E-state index contributed by atoms with van der Waals surface area (Å²) in [6.45, 7) is 4.08. The van der Waals surface area contributed by atoms with E-state index in [1.165, 1.54) is 51.4 Å². The predicted molar refractivity (Wildman–Crippen MR) is 177 cm³/mol. The molecule has 0 amide bonds. The average Bonchev–Trinajstić information content (AvgIpc) is 3.60. The van der Waals surface area contributed by atoms with Crippen LogP contribution in [0.5, 0.6) is 0 Å². The van der Waals surface area contributed by atoms with Crippen molar-refractivity contribution in [2.24, 2.45) is 0 Å².